The van der Waals surface area contributed by atoms with Crippen LogP contribution in [0.2, 0.25) is 0 Å². The van der Waals surface area contributed by atoms with Gasteiger partial charge in [-0.15, -0.1) is 0 Å². The average Bonchev–Trinajstić information content (AvgIpc) is 3.53. The fourth-order valence-corrected chi connectivity index (χ4v) is 7.57. The molecule has 5 rings (SSSR count). The first-order valence-electron chi connectivity index (χ1n) is 14.7. The second kappa shape index (κ2) is 12.7. The Morgan fingerprint density at radius 2 is 1.68 bits per heavy atom. The summed E-state index contributed by atoms with van der Waals surface area (Å²) in [7, 11) is 0. The number of aromatic nitrogens is 1. The number of piperidine rings is 1. The van der Waals surface area contributed by atoms with Crippen molar-refractivity contribution in [1.82, 2.24) is 24.6 Å². The van der Waals surface area contributed by atoms with Crippen molar-refractivity contribution >= 4 is 22.2 Å². The highest BCUT2D eigenvalue weighted by Crippen LogP contribution is 2.38. The molecule has 1 aliphatic carbocycles. The van der Waals surface area contributed by atoms with Crippen LogP contribution < -0.4 is 10.3 Å². The highest BCUT2D eigenvalue weighted by Gasteiger charge is 2.32. The molecule has 8 heteroatoms. The number of benzene rings is 1. The van der Waals surface area contributed by atoms with Crippen LogP contribution in [0.4, 0.5) is 0 Å². The maximum absolute atomic E-state index is 11.0. The van der Waals surface area contributed by atoms with Crippen LogP contribution in [0.3, 0.4) is 0 Å². The van der Waals surface area contributed by atoms with Gasteiger partial charge in [0, 0.05) is 72.5 Å². The summed E-state index contributed by atoms with van der Waals surface area (Å²) in [5, 5.41) is 1.37. The third-order valence-corrected chi connectivity index (χ3v) is 9.73. The summed E-state index contributed by atoms with van der Waals surface area (Å²) in [4.78, 5) is 7.71. The van der Waals surface area contributed by atoms with Crippen LogP contribution in [0, 0.1) is 11.8 Å². The standard InChI is InChI=1S/C29H47N5O2S/c1-22(2)23-9-11-24(12-10-23)33-19-14-25(15-20-33)34-28-8-4-3-7-26(28)27(21-32-17-5-6-18-32)29(34)13-16-30-31-37(35)36/h3-4,7-8,22-25,30-31H,5-6,9-21H2,1-2H3,(H,35,36)/p-1. The Labute approximate surface area is 225 Å². The third kappa shape index (κ3) is 6.48. The SMILES string of the molecule is CC(C)C1CCC(N2CCC(n3c(CCNNS(=O)[O-])c(CN4CCCC4)c4ccccc43)CC2)CC1. The first-order chi connectivity index (χ1) is 18.0. The minimum absolute atomic E-state index is 0.497. The third-order valence-electron chi connectivity index (χ3n) is 9.42. The normalized spacial score (nSPS) is 25.4. The van der Waals surface area contributed by atoms with Gasteiger partial charge in [0.05, 0.1) is 0 Å². The molecule has 3 aliphatic rings. The van der Waals surface area contributed by atoms with E-state index in [2.05, 4.69) is 62.7 Å². The van der Waals surface area contributed by atoms with E-state index in [1.165, 1.54) is 99.7 Å². The Morgan fingerprint density at radius 3 is 2.35 bits per heavy atom. The average molecular weight is 529 g/mol. The summed E-state index contributed by atoms with van der Waals surface area (Å²) in [6.45, 7) is 11.1. The Kier molecular flexibility index (Phi) is 9.37. The lowest BCUT2D eigenvalue weighted by atomic mass is 9.79. The summed E-state index contributed by atoms with van der Waals surface area (Å²) in [6.07, 6.45) is 11.3. The van der Waals surface area contributed by atoms with Crippen LogP contribution >= 0.6 is 0 Å². The highest BCUT2D eigenvalue weighted by atomic mass is 32.2. The van der Waals surface area contributed by atoms with Crippen LogP contribution in [0.25, 0.3) is 10.9 Å². The number of nitrogens with one attached hydrogen (secondary N) is 2. The fourth-order valence-electron chi connectivity index (χ4n) is 7.35. The quantitative estimate of drug-likeness (QED) is 0.269. The highest BCUT2D eigenvalue weighted by molar-refractivity contribution is 7.76. The van der Waals surface area contributed by atoms with E-state index in [4.69, 9.17) is 0 Å². The molecule has 0 radical (unpaired) electrons. The molecule has 1 aromatic heterocycles. The first kappa shape index (κ1) is 27.3. The number of rotatable bonds is 10. The molecule has 0 amide bonds. The van der Waals surface area contributed by atoms with Gasteiger partial charge in [-0.3, -0.25) is 9.11 Å². The molecule has 0 spiro atoms. The monoisotopic (exact) mass is 528 g/mol. The van der Waals surface area contributed by atoms with Gasteiger partial charge in [-0.25, -0.2) is 5.43 Å². The summed E-state index contributed by atoms with van der Waals surface area (Å²) >= 11 is -2.30. The summed E-state index contributed by atoms with van der Waals surface area (Å²) in [6, 6.07) is 10.2. The molecule has 1 saturated carbocycles. The van der Waals surface area contributed by atoms with Crippen molar-refractivity contribution in [3.8, 4) is 0 Å². The van der Waals surface area contributed by atoms with Gasteiger partial charge in [0.1, 0.15) is 0 Å². The largest absolute Gasteiger partial charge is 0.759 e. The summed E-state index contributed by atoms with van der Waals surface area (Å²) < 4.78 is 24.6. The maximum atomic E-state index is 11.0. The van der Waals surface area contributed by atoms with Crippen molar-refractivity contribution in [3.63, 3.8) is 0 Å². The van der Waals surface area contributed by atoms with E-state index < -0.39 is 11.3 Å². The van der Waals surface area contributed by atoms with Gasteiger partial charge in [0.2, 0.25) is 0 Å². The van der Waals surface area contributed by atoms with Gasteiger partial charge in [0.15, 0.2) is 0 Å². The van der Waals surface area contributed by atoms with Gasteiger partial charge >= 0.3 is 0 Å². The lowest BCUT2D eigenvalue weighted by molar-refractivity contribution is 0.0889. The fraction of sp³-hybridized carbons (Fsp3) is 0.724. The molecule has 1 atom stereocenters. The zero-order chi connectivity index (χ0) is 25.8. The molecule has 206 valence electrons. The second-order valence-electron chi connectivity index (χ2n) is 11.9. The Morgan fingerprint density at radius 1 is 0.973 bits per heavy atom. The van der Waals surface area contributed by atoms with Crippen LogP contribution in [-0.4, -0.2) is 61.9 Å². The molecule has 0 bridgehead atoms. The van der Waals surface area contributed by atoms with Crippen molar-refractivity contribution in [1.29, 1.82) is 0 Å². The van der Waals surface area contributed by atoms with Gasteiger partial charge in [-0.1, -0.05) is 32.0 Å². The predicted octanol–water partition coefficient (Wildman–Crippen LogP) is 4.52. The van der Waals surface area contributed by atoms with E-state index in [9.17, 15) is 8.76 Å². The molecular formula is C29H46N5O2S-. The van der Waals surface area contributed by atoms with Crippen molar-refractivity contribution < 1.29 is 8.76 Å². The van der Waals surface area contributed by atoms with Gasteiger partial charge in [-0.2, -0.15) is 4.83 Å². The molecular weight excluding hydrogens is 482 g/mol. The minimum atomic E-state index is -2.30. The molecule has 2 aromatic rings. The molecule has 37 heavy (non-hydrogen) atoms. The van der Waals surface area contributed by atoms with Crippen LogP contribution in [0.5, 0.6) is 0 Å². The molecule has 3 heterocycles. The van der Waals surface area contributed by atoms with Gasteiger partial charge in [0.25, 0.3) is 0 Å². The number of hydrazine groups is 1. The van der Waals surface area contributed by atoms with Gasteiger partial charge in [-0.05, 0) is 87.9 Å². The van der Waals surface area contributed by atoms with Gasteiger partial charge < -0.3 is 14.0 Å². The van der Waals surface area contributed by atoms with Crippen molar-refractivity contribution in [2.45, 2.75) is 90.3 Å². The minimum Gasteiger partial charge on any atom is -0.759 e. The van der Waals surface area contributed by atoms with E-state index in [1.54, 1.807) is 0 Å². The Bertz CT molecular complexity index is 1030. The molecule has 2 aliphatic heterocycles. The van der Waals surface area contributed by atoms with E-state index in [0.29, 0.717) is 12.6 Å². The van der Waals surface area contributed by atoms with E-state index in [-0.39, 0.29) is 0 Å². The van der Waals surface area contributed by atoms with E-state index >= 15 is 0 Å². The number of nitrogens with zero attached hydrogens (tertiary/aromatic N) is 3. The van der Waals surface area contributed by atoms with Crippen molar-refractivity contribution in [2.24, 2.45) is 11.8 Å². The number of hydrogen-bond donors (Lipinski definition) is 2. The molecule has 1 unspecified atom stereocenters. The smallest absolute Gasteiger partial charge is 0.0488 e. The topological polar surface area (TPSA) is 75.6 Å². The number of likely N-dealkylation sites (tertiary alicyclic amines) is 2. The Balaban J connectivity index is 1.34. The first-order valence-corrected chi connectivity index (χ1v) is 15.7. The zero-order valence-corrected chi connectivity index (χ0v) is 23.6. The predicted molar refractivity (Wildman–Crippen MR) is 151 cm³/mol. The summed E-state index contributed by atoms with van der Waals surface area (Å²) in [5.74, 6) is 1.74. The van der Waals surface area contributed by atoms with Crippen LogP contribution in [0.15, 0.2) is 24.3 Å². The Hall–Kier alpha value is -1.29. The lowest BCUT2D eigenvalue weighted by Crippen LogP contribution is -2.44. The molecule has 7 nitrogen and oxygen atoms in total. The zero-order valence-electron chi connectivity index (χ0n) is 22.8. The molecule has 1 aromatic carbocycles. The van der Waals surface area contributed by atoms with Crippen LogP contribution in [0.1, 0.15) is 82.5 Å². The number of para-hydroxylation sites is 1. The lowest BCUT2D eigenvalue weighted by Gasteiger charge is -2.42. The molecule has 2 N–H and O–H groups in total. The molecule has 3 fully saturated rings. The van der Waals surface area contributed by atoms with Crippen LogP contribution in [-0.2, 0) is 24.2 Å². The van der Waals surface area contributed by atoms with Crippen molar-refractivity contribution in [2.75, 3.05) is 32.7 Å². The summed E-state index contributed by atoms with van der Waals surface area (Å²) in [5.41, 5.74) is 7.07. The number of hydrogen-bond acceptors (Lipinski definition) is 5. The maximum Gasteiger partial charge on any atom is 0.0488 e. The second-order valence-corrected chi connectivity index (χ2v) is 12.6. The number of fused-ring (bicyclic) bond motifs is 1. The molecule has 2 saturated heterocycles. The van der Waals surface area contributed by atoms with E-state index in [1.807, 2.05) is 0 Å². The van der Waals surface area contributed by atoms with Crippen molar-refractivity contribution in [3.05, 3.63) is 35.5 Å². The van der Waals surface area contributed by atoms with E-state index in [0.717, 1.165) is 30.8 Å².